The molecule has 2 rings (SSSR count). The normalized spacial score (nSPS) is 9.64. The van der Waals surface area contributed by atoms with Crippen molar-refractivity contribution in [3.8, 4) is 23.1 Å². The number of aromatic hydroxyl groups is 1. The summed E-state index contributed by atoms with van der Waals surface area (Å²) in [4.78, 5) is 4.12. The van der Waals surface area contributed by atoms with Crippen LogP contribution in [0.2, 0.25) is 0 Å². The van der Waals surface area contributed by atoms with Crippen LogP contribution in [0.4, 0.5) is 0 Å². The predicted molar refractivity (Wildman–Crippen MR) is 53.9 cm³/mol. The molecule has 0 aliphatic rings. The molecule has 0 amide bonds. The average Bonchev–Trinajstić information content (AvgIpc) is 2.71. The molecule has 0 unspecified atom stereocenters. The van der Waals surface area contributed by atoms with E-state index < -0.39 is 0 Å². The molecule has 14 heavy (non-hydrogen) atoms. The summed E-state index contributed by atoms with van der Waals surface area (Å²) in [6, 6.07) is 6.80. The zero-order valence-corrected chi connectivity index (χ0v) is 7.95. The Morgan fingerprint density at radius 1 is 1.43 bits per heavy atom. The Kier molecular flexibility index (Phi) is 2.17. The first-order valence-electron chi connectivity index (χ1n) is 3.93. The number of nitrogens with zero attached hydrogens (tertiary/aromatic N) is 2. The van der Waals surface area contributed by atoms with E-state index in [0.717, 1.165) is 11.3 Å². The molecule has 0 aliphatic carbocycles. The summed E-state index contributed by atoms with van der Waals surface area (Å²) in [6.45, 7) is 0. The van der Waals surface area contributed by atoms with Crippen molar-refractivity contribution < 1.29 is 5.11 Å². The summed E-state index contributed by atoms with van der Waals surface area (Å²) >= 11 is 1.50. The van der Waals surface area contributed by atoms with Crippen molar-refractivity contribution in [1.82, 2.24) is 4.98 Å². The lowest BCUT2D eigenvalue weighted by Gasteiger charge is -1.99. The van der Waals surface area contributed by atoms with Gasteiger partial charge in [-0.25, -0.2) is 4.98 Å². The molecule has 1 aromatic heterocycles. The second-order valence-corrected chi connectivity index (χ2v) is 3.44. The van der Waals surface area contributed by atoms with Crippen molar-refractivity contribution in [1.29, 1.82) is 5.26 Å². The molecule has 0 saturated carbocycles. The number of aromatic nitrogens is 1. The maximum Gasteiger partial charge on any atom is 0.133 e. The maximum absolute atomic E-state index is 9.29. The number of phenols is 1. The molecular weight excluding hydrogens is 196 g/mol. The predicted octanol–water partition coefficient (Wildman–Crippen LogP) is 2.39. The van der Waals surface area contributed by atoms with Gasteiger partial charge in [-0.3, -0.25) is 0 Å². The second kappa shape index (κ2) is 3.48. The van der Waals surface area contributed by atoms with E-state index in [2.05, 4.69) is 4.98 Å². The quantitative estimate of drug-likeness (QED) is 0.772. The molecule has 1 aromatic carbocycles. The lowest BCUT2D eigenvalue weighted by Crippen LogP contribution is -1.80. The third-order valence-electron chi connectivity index (χ3n) is 1.85. The van der Waals surface area contributed by atoms with Crippen LogP contribution in [0, 0.1) is 11.3 Å². The van der Waals surface area contributed by atoms with Gasteiger partial charge in [-0.1, -0.05) is 0 Å². The standard InChI is InChI=1S/C10H6N2OS/c11-4-8-3-7(1-2-10(8)13)9-5-14-6-12-9/h1-3,5-6,13H. The third-order valence-corrected chi connectivity index (χ3v) is 2.43. The lowest BCUT2D eigenvalue weighted by atomic mass is 10.1. The fraction of sp³-hybridized carbons (Fsp3) is 0. The van der Waals surface area contributed by atoms with Crippen LogP contribution in [-0.4, -0.2) is 10.1 Å². The maximum atomic E-state index is 9.29. The summed E-state index contributed by atoms with van der Waals surface area (Å²) in [5.41, 5.74) is 3.68. The topological polar surface area (TPSA) is 56.9 Å². The average molecular weight is 202 g/mol. The SMILES string of the molecule is N#Cc1cc(-c2cscn2)ccc1O. The summed E-state index contributed by atoms with van der Waals surface area (Å²) in [6.07, 6.45) is 0. The van der Waals surface area contributed by atoms with E-state index in [-0.39, 0.29) is 11.3 Å². The molecule has 0 atom stereocenters. The number of rotatable bonds is 1. The Labute approximate surface area is 84.9 Å². The molecule has 0 aliphatic heterocycles. The molecular formula is C10H6N2OS. The number of thiazole rings is 1. The van der Waals surface area contributed by atoms with Crippen LogP contribution in [0.1, 0.15) is 5.56 Å². The van der Waals surface area contributed by atoms with Crippen LogP contribution in [0.5, 0.6) is 5.75 Å². The summed E-state index contributed by atoms with van der Waals surface area (Å²) in [7, 11) is 0. The van der Waals surface area contributed by atoms with Crippen LogP contribution < -0.4 is 0 Å². The first-order valence-corrected chi connectivity index (χ1v) is 4.87. The highest BCUT2D eigenvalue weighted by atomic mass is 32.1. The van der Waals surface area contributed by atoms with Crippen molar-refractivity contribution in [3.63, 3.8) is 0 Å². The van der Waals surface area contributed by atoms with E-state index in [4.69, 9.17) is 5.26 Å². The molecule has 68 valence electrons. The fourth-order valence-electron chi connectivity index (χ4n) is 1.14. The zero-order valence-electron chi connectivity index (χ0n) is 7.14. The Morgan fingerprint density at radius 3 is 2.93 bits per heavy atom. The minimum Gasteiger partial charge on any atom is -0.507 e. The number of hydrogen-bond acceptors (Lipinski definition) is 4. The summed E-state index contributed by atoms with van der Waals surface area (Å²) in [5.74, 6) is 0.00600. The van der Waals surface area contributed by atoms with E-state index >= 15 is 0 Å². The van der Waals surface area contributed by atoms with Gasteiger partial charge in [-0.15, -0.1) is 11.3 Å². The Balaban J connectivity index is 2.53. The number of hydrogen-bond donors (Lipinski definition) is 1. The molecule has 1 N–H and O–H groups in total. The second-order valence-electron chi connectivity index (χ2n) is 2.72. The molecule has 4 heteroatoms. The Bertz CT molecular complexity index is 485. The zero-order chi connectivity index (χ0) is 9.97. The van der Waals surface area contributed by atoms with Gasteiger partial charge in [-0.05, 0) is 18.2 Å². The molecule has 0 fully saturated rings. The van der Waals surface area contributed by atoms with Gasteiger partial charge in [0.05, 0.1) is 16.8 Å². The molecule has 1 heterocycles. The molecule has 0 bridgehead atoms. The minimum atomic E-state index is 0.00600. The number of benzene rings is 1. The fourth-order valence-corrected chi connectivity index (χ4v) is 1.70. The highest BCUT2D eigenvalue weighted by Gasteiger charge is 2.04. The molecule has 3 nitrogen and oxygen atoms in total. The van der Waals surface area contributed by atoms with Crippen molar-refractivity contribution in [2.45, 2.75) is 0 Å². The largest absolute Gasteiger partial charge is 0.507 e. The molecule has 0 radical (unpaired) electrons. The van der Waals surface area contributed by atoms with Crippen molar-refractivity contribution >= 4 is 11.3 Å². The van der Waals surface area contributed by atoms with Gasteiger partial charge >= 0.3 is 0 Å². The number of nitriles is 1. The van der Waals surface area contributed by atoms with Crippen LogP contribution in [0.25, 0.3) is 11.3 Å². The monoisotopic (exact) mass is 202 g/mol. The molecule has 0 saturated heterocycles. The van der Waals surface area contributed by atoms with Crippen LogP contribution >= 0.6 is 11.3 Å². The Morgan fingerprint density at radius 2 is 2.29 bits per heavy atom. The Hall–Kier alpha value is -1.86. The van der Waals surface area contributed by atoms with E-state index in [1.807, 2.05) is 11.4 Å². The lowest BCUT2D eigenvalue weighted by molar-refractivity contribution is 0.473. The van der Waals surface area contributed by atoms with E-state index in [1.54, 1.807) is 17.6 Å². The van der Waals surface area contributed by atoms with Crippen LogP contribution in [0.3, 0.4) is 0 Å². The molecule has 2 aromatic rings. The first kappa shape index (κ1) is 8.73. The van der Waals surface area contributed by atoms with Gasteiger partial charge in [0.15, 0.2) is 0 Å². The van der Waals surface area contributed by atoms with Gasteiger partial charge in [0.2, 0.25) is 0 Å². The minimum absolute atomic E-state index is 0.00600. The highest BCUT2D eigenvalue weighted by Crippen LogP contribution is 2.24. The van der Waals surface area contributed by atoms with E-state index in [1.165, 1.54) is 17.4 Å². The van der Waals surface area contributed by atoms with E-state index in [9.17, 15) is 5.11 Å². The highest BCUT2D eigenvalue weighted by molar-refractivity contribution is 7.07. The summed E-state index contributed by atoms with van der Waals surface area (Å²) < 4.78 is 0. The van der Waals surface area contributed by atoms with Crippen LogP contribution in [-0.2, 0) is 0 Å². The molecule has 0 spiro atoms. The number of phenolic OH excluding ortho intramolecular Hbond substituents is 1. The van der Waals surface area contributed by atoms with Gasteiger partial charge in [0.1, 0.15) is 11.8 Å². The van der Waals surface area contributed by atoms with Gasteiger partial charge in [0.25, 0.3) is 0 Å². The van der Waals surface area contributed by atoms with Crippen molar-refractivity contribution in [3.05, 3.63) is 34.7 Å². The van der Waals surface area contributed by atoms with Crippen molar-refractivity contribution in [2.75, 3.05) is 0 Å². The third kappa shape index (κ3) is 1.45. The first-order chi connectivity index (χ1) is 6.81. The van der Waals surface area contributed by atoms with Crippen molar-refractivity contribution in [2.24, 2.45) is 0 Å². The smallest absolute Gasteiger partial charge is 0.133 e. The van der Waals surface area contributed by atoms with Gasteiger partial charge in [-0.2, -0.15) is 5.26 Å². The summed E-state index contributed by atoms with van der Waals surface area (Å²) in [5, 5.41) is 19.9. The van der Waals surface area contributed by atoms with Crippen LogP contribution in [0.15, 0.2) is 29.1 Å². The van der Waals surface area contributed by atoms with Gasteiger partial charge in [0, 0.05) is 10.9 Å². The van der Waals surface area contributed by atoms with E-state index in [0.29, 0.717) is 0 Å². The van der Waals surface area contributed by atoms with Gasteiger partial charge < -0.3 is 5.11 Å².